The maximum absolute atomic E-state index is 12.3. The molecular weight excluding hydrogens is 328 g/mol. The van der Waals surface area contributed by atoms with E-state index in [1.54, 1.807) is 18.2 Å². The Morgan fingerprint density at radius 2 is 1.96 bits per heavy atom. The van der Waals surface area contributed by atoms with Crippen LogP contribution in [0.1, 0.15) is 21.9 Å². The van der Waals surface area contributed by atoms with E-state index >= 15 is 0 Å². The van der Waals surface area contributed by atoms with E-state index in [1.807, 2.05) is 37.3 Å². The number of morpholine rings is 1. The van der Waals surface area contributed by atoms with Gasteiger partial charge in [-0.2, -0.15) is 0 Å². The van der Waals surface area contributed by atoms with Gasteiger partial charge in [-0.05, 0) is 43.3 Å². The van der Waals surface area contributed by atoms with E-state index in [4.69, 9.17) is 14.1 Å². The molecule has 3 aromatic rings. The third kappa shape index (κ3) is 3.39. The van der Waals surface area contributed by atoms with Gasteiger partial charge in [0.2, 0.25) is 5.78 Å². The van der Waals surface area contributed by atoms with Crippen molar-refractivity contribution in [3.63, 3.8) is 0 Å². The van der Waals surface area contributed by atoms with Crippen LogP contribution in [0.25, 0.3) is 17.0 Å². The zero-order valence-electron chi connectivity index (χ0n) is 14.6. The number of allylic oxidation sites excluding steroid dienone is 1. The van der Waals surface area contributed by atoms with Crippen LogP contribution in [0.3, 0.4) is 0 Å². The molecule has 2 aromatic heterocycles. The largest absolute Gasteiger partial charge is 0.458 e. The molecule has 0 N–H and O–H groups in total. The van der Waals surface area contributed by atoms with E-state index in [0.29, 0.717) is 19.0 Å². The molecular formula is C21H20N2O3. The summed E-state index contributed by atoms with van der Waals surface area (Å²) in [6.07, 6.45) is 3.37. The molecule has 26 heavy (non-hydrogen) atoms. The van der Waals surface area contributed by atoms with Crippen LogP contribution in [0.4, 0.5) is 5.82 Å². The highest BCUT2D eigenvalue weighted by Crippen LogP contribution is 2.26. The molecule has 5 nitrogen and oxygen atoms in total. The second-order valence-corrected chi connectivity index (χ2v) is 6.30. The lowest BCUT2D eigenvalue weighted by molar-refractivity contribution is 0.102. The molecule has 0 saturated carbocycles. The number of pyridine rings is 1. The molecule has 1 aliphatic heterocycles. The van der Waals surface area contributed by atoms with Crippen molar-refractivity contribution in [2.45, 2.75) is 6.92 Å². The molecule has 1 aliphatic rings. The van der Waals surface area contributed by atoms with Gasteiger partial charge in [-0.15, -0.1) is 0 Å². The van der Waals surface area contributed by atoms with E-state index < -0.39 is 0 Å². The third-order valence-corrected chi connectivity index (χ3v) is 4.44. The van der Waals surface area contributed by atoms with Crippen LogP contribution in [0, 0.1) is 6.92 Å². The topological polar surface area (TPSA) is 55.6 Å². The van der Waals surface area contributed by atoms with Gasteiger partial charge in [0.05, 0.1) is 18.7 Å². The molecule has 0 bridgehead atoms. The van der Waals surface area contributed by atoms with Gasteiger partial charge < -0.3 is 14.1 Å². The molecule has 1 fully saturated rings. The predicted molar refractivity (Wildman–Crippen MR) is 102 cm³/mol. The third-order valence-electron chi connectivity index (χ3n) is 4.44. The van der Waals surface area contributed by atoms with E-state index in [2.05, 4.69) is 11.0 Å². The number of benzene rings is 1. The smallest absolute Gasteiger partial charge is 0.221 e. The Morgan fingerprint density at radius 1 is 1.15 bits per heavy atom. The first kappa shape index (κ1) is 16.5. The van der Waals surface area contributed by atoms with Crippen molar-refractivity contribution in [3.8, 4) is 0 Å². The zero-order valence-corrected chi connectivity index (χ0v) is 14.6. The molecule has 0 atom stereocenters. The number of rotatable bonds is 4. The molecule has 3 heterocycles. The summed E-state index contributed by atoms with van der Waals surface area (Å²) in [5, 5.41) is 1.05. The first-order valence-corrected chi connectivity index (χ1v) is 8.72. The lowest BCUT2D eigenvalue weighted by Crippen LogP contribution is -2.37. The molecule has 1 aromatic carbocycles. The number of anilines is 1. The Kier molecular flexibility index (Phi) is 4.54. The van der Waals surface area contributed by atoms with Crippen molar-refractivity contribution in [2.24, 2.45) is 0 Å². The molecule has 5 heteroatoms. The standard InChI is InChI=1S/C21H20N2O3/c1-15-6-9-20(26-15)19(24)8-7-17-14-16-4-2-3-5-18(16)22-21(17)23-10-12-25-13-11-23/h2-9,14H,10-13H2,1H3/b8-7+. The summed E-state index contributed by atoms with van der Waals surface area (Å²) in [4.78, 5) is 19.4. The number of hydrogen-bond donors (Lipinski definition) is 0. The molecule has 0 radical (unpaired) electrons. The van der Waals surface area contributed by atoms with Gasteiger partial charge in [-0.3, -0.25) is 4.79 Å². The van der Waals surface area contributed by atoms with Gasteiger partial charge in [-0.1, -0.05) is 18.2 Å². The van der Waals surface area contributed by atoms with E-state index in [0.717, 1.165) is 41.1 Å². The highest BCUT2D eigenvalue weighted by Gasteiger charge is 2.16. The summed E-state index contributed by atoms with van der Waals surface area (Å²) < 4.78 is 10.9. The highest BCUT2D eigenvalue weighted by molar-refractivity contribution is 6.05. The summed E-state index contributed by atoms with van der Waals surface area (Å²) in [5.74, 6) is 1.80. The Bertz CT molecular complexity index is 968. The van der Waals surface area contributed by atoms with Gasteiger partial charge in [0, 0.05) is 24.0 Å². The summed E-state index contributed by atoms with van der Waals surface area (Å²) in [6, 6.07) is 13.6. The number of hydrogen-bond acceptors (Lipinski definition) is 5. The Labute approximate surface area is 151 Å². The molecule has 0 aliphatic carbocycles. The SMILES string of the molecule is Cc1ccc(C(=O)/C=C/c2cc3ccccc3nc2N2CCOCC2)o1. The van der Waals surface area contributed by atoms with Crippen molar-refractivity contribution in [1.29, 1.82) is 0 Å². The number of aryl methyl sites for hydroxylation is 1. The molecule has 0 spiro atoms. The number of ether oxygens (including phenoxy) is 1. The number of carbonyl (C=O) groups is 1. The minimum Gasteiger partial charge on any atom is -0.458 e. The number of aromatic nitrogens is 1. The summed E-state index contributed by atoms with van der Waals surface area (Å²) in [7, 11) is 0. The monoisotopic (exact) mass is 348 g/mol. The average molecular weight is 348 g/mol. The van der Waals surface area contributed by atoms with Gasteiger partial charge >= 0.3 is 0 Å². The number of ketones is 1. The van der Waals surface area contributed by atoms with Crippen molar-refractivity contribution in [1.82, 2.24) is 4.98 Å². The Hall–Kier alpha value is -2.92. The summed E-state index contributed by atoms with van der Waals surface area (Å²) in [6.45, 7) is 4.77. The van der Waals surface area contributed by atoms with Gasteiger partial charge in [0.25, 0.3) is 0 Å². The minimum atomic E-state index is -0.154. The normalized spacial score (nSPS) is 15.0. The fourth-order valence-electron chi connectivity index (χ4n) is 3.09. The number of furan rings is 1. The second-order valence-electron chi connectivity index (χ2n) is 6.30. The van der Waals surface area contributed by atoms with Crippen LogP contribution in [0.2, 0.25) is 0 Å². The van der Waals surface area contributed by atoms with E-state index in [9.17, 15) is 4.79 Å². The van der Waals surface area contributed by atoms with Crippen molar-refractivity contribution in [3.05, 3.63) is 65.6 Å². The number of fused-ring (bicyclic) bond motifs is 1. The fourth-order valence-corrected chi connectivity index (χ4v) is 3.09. The first-order chi connectivity index (χ1) is 12.7. The first-order valence-electron chi connectivity index (χ1n) is 8.72. The van der Waals surface area contributed by atoms with E-state index in [-0.39, 0.29) is 5.78 Å². The molecule has 132 valence electrons. The van der Waals surface area contributed by atoms with Crippen LogP contribution in [-0.4, -0.2) is 37.1 Å². The molecule has 4 rings (SSSR count). The quantitative estimate of drug-likeness (QED) is 0.529. The van der Waals surface area contributed by atoms with Gasteiger partial charge in [0.1, 0.15) is 11.6 Å². The predicted octanol–water partition coefficient (Wildman–Crippen LogP) is 3.87. The lowest BCUT2D eigenvalue weighted by atomic mass is 10.1. The van der Waals surface area contributed by atoms with Gasteiger partial charge in [-0.25, -0.2) is 4.98 Å². The maximum Gasteiger partial charge on any atom is 0.221 e. The lowest BCUT2D eigenvalue weighted by Gasteiger charge is -2.29. The summed E-state index contributed by atoms with van der Waals surface area (Å²) in [5.41, 5.74) is 1.86. The number of nitrogens with zero attached hydrogens (tertiary/aromatic N) is 2. The van der Waals surface area contributed by atoms with Crippen LogP contribution >= 0.6 is 0 Å². The van der Waals surface area contributed by atoms with Crippen molar-refractivity contribution >= 4 is 28.6 Å². The summed E-state index contributed by atoms with van der Waals surface area (Å²) >= 11 is 0. The highest BCUT2D eigenvalue weighted by atomic mass is 16.5. The Balaban J connectivity index is 1.71. The van der Waals surface area contributed by atoms with Crippen LogP contribution in [-0.2, 0) is 4.74 Å². The van der Waals surface area contributed by atoms with Crippen LogP contribution in [0.5, 0.6) is 0 Å². The fraction of sp³-hybridized carbons (Fsp3) is 0.238. The average Bonchev–Trinajstić information content (AvgIpc) is 3.12. The second kappa shape index (κ2) is 7.14. The molecule has 0 amide bonds. The van der Waals surface area contributed by atoms with Crippen molar-refractivity contribution < 1.29 is 13.9 Å². The zero-order chi connectivity index (χ0) is 17.9. The Morgan fingerprint density at radius 3 is 2.73 bits per heavy atom. The van der Waals surface area contributed by atoms with E-state index in [1.165, 1.54) is 0 Å². The van der Waals surface area contributed by atoms with Crippen LogP contribution in [0.15, 0.2) is 53.0 Å². The maximum atomic E-state index is 12.3. The number of para-hydroxylation sites is 1. The minimum absolute atomic E-state index is 0.154. The van der Waals surface area contributed by atoms with Crippen LogP contribution < -0.4 is 4.90 Å². The number of carbonyl (C=O) groups excluding carboxylic acids is 1. The molecule has 1 saturated heterocycles. The van der Waals surface area contributed by atoms with Gasteiger partial charge in [0.15, 0.2) is 5.76 Å². The molecule has 0 unspecified atom stereocenters. The van der Waals surface area contributed by atoms with Crippen molar-refractivity contribution in [2.75, 3.05) is 31.2 Å².